The van der Waals surface area contributed by atoms with E-state index < -0.39 is 12.4 Å². The van der Waals surface area contributed by atoms with E-state index in [1.807, 2.05) is 6.92 Å². The smallest absolute Gasteiger partial charge is 0.387 e. The van der Waals surface area contributed by atoms with Gasteiger partial charge in [-0.3, -0.25) is 0 Å². The molecule has 0 aliphatic heterocycles. The van der Waals surface area contributed by atoms with Gasteiger partial charge in [-0.15, -0.1) is 0 Å². The molecule has 0 saturated heterocycles. The van der Waals surface area contributed by atoms with Gasteiger partial charge in [0.05, 0.1) is 5.56 Å². The Balaban J connectivity index is 2.28. The Hall–Kier alpha value is -2.41. The summed E-state index contributed by atoms with van der Waals surface area (Å²) in [7, 11) is 0. The molecule has 0 amide bonds. The largest absolute Gasteiger partial charge is 0.435 e. The predicted octanol–water partition coefficient (Wildman–Crippen LogP) is 4.39. The molecule has 2 rings (SSSR count). The summed E-state index contributed by atoms with van der Waals surface area (Å²) in [6.07, 6.45) is 0.539. The lowest BCUT2D eigenvalue weighted by molar-refractivity contribution is -0.0504. The van der Waals surface area contributed by atoms with Gasteiger partial charge in [-0.2, -0.15) is 8.78 Å². The maximum Gasteiger partial charge on any atom is 0.387 e. The molecule has 0 heterocycles. The average Bonchev–Trinajstić information content (AvgIpc) is 2.47. The van der Waals surface area contributed by atoms with E-state index in [0.717, 1.165) is 0 Å². The third-order valence-corrected chi connectivity index (χ3v) is 2.87. The lowest BCUT2D eigenvalue weighted by Crippen LogP contribution is -2.04. The van der Waals surface area contributed by atoms with Crippen molar-refractivity contribution in [1.82, 2.24) is 0 Å². The zero-order valence-electron chi connectivity index (χ0n) is 11.4. The summed E-state index contributed by atoms with van der Waals surface area (Å²) in [5.74, 6) is 5.30. The molecule has 0 bridgehead atoms. The molecule has 0 saturated carbocycles. The Morgan fingerprint density at radius 2 is 1.86 bits per heavy atom. The molecule has 108 valence electrons. The van der Waals surface area contributed by atoms with Crippen molar-refractivity contribution in [1.29, 1.82) is 0 Å². The number of benzene rings is 2. The maximum atomic E-state index is 13.4. The highest BCUT2D eigenvalue weighted by Crippen LogP contribution is 2.22. The van der Waals surface area contributed by atoms with Crippen LogP contribution in [0, 0.1) is 17.7 Å². The summed E-state index contributed by atoms with van der Waals surface area (Å²) in [6, 6.07) is 10.9. The number of halogens is 3. The summed E-state index contributed by atoms with van der Waals surface area (Å²) in [5.41, 5.74) is 1.55. The molecule has 0 fully saturated rings. The van der Waals surface area contributed by atoms with Crippen LogP contribution in [0.5, 0.6) is 5.75 Å². The highest BCUT2D eigenvalue weighted by atomic mass is 19.3. The molecule has 0 aromatic heterocycles. The molecule has 0 N–H and O–H groups in total. The Kier molecular flexibility index (Phi) is 4.89. The van der Waals surface area contributed by atoms with Crippen molar-refractivity contribution in [3.05, 3.63) is 65.0 Å². The Labute approximate surface area is 121 Å². The van der Waals surface area contributed by atoms with Crippen LogP contribution in [-0.2, 0) is 6.42 Å². The topological polar surface area (TPSA) is 9.23 Å². The first-order valence-corrected chi connectivity index (χ1v) is 6.44. The highest BCUT2D eigenvalue weighted by Gasteiger charge is 2.08. The summed E-state index contributed by atoms with van der Waals surface area (Å²) in [4.78, 5) is 0. The lowest BCUT2D eigenvalue weighted by atomic mass is 10.1. The highest BCUT2D eigenvalue weighted by molar-refractivity contribution is 5.47. The minimum absolute atomic E-state index is 0.143. The summed E-state index contributed by atoms with van der Waals surface area (Å²) in [6.45, 7) is -1.02. The van der Waals surface area contributed by atoms with Crippen molar-refractivity contribution < 1.29 is 17.9 Å². The number of hydrogen-bond acceptors (Lipinski definition) is 1. The quantitative estimate of drug-likeness (QED) is 0.762. The SMILES string of the molecule is CCc1cc(C#Cc2ccccc2F)ccc1OC(F)F. The van der Waals surface area contributed by atoms with Gasteiger partial charge in [-0.05, 0) is 42.3 Å². The van der Waals surface area contributed by atoms with E-state index in [0.29, 0.717) is 23.1 Å². The second-order valence-corrected chi connectivity index (χ2v) is 4.28. The van der Waals surface area contributed by atoms with Gasteiger partial charge < -0.3 is 4.74 Å². The first-order chi connectivity index (χ1) is 10.1. The van der Waals surface area contributed by atoms with Gasteiger partial charge >= 0.3 is 6.61 Å². The Morgan fingerprint density at radius 3 is 2.52 bits per heavy atom. The molecule has 0 spiro atoms. The zero-order valence-corrected chi connectivity index (χ0v) is 11.4. The van der Waals surface area contributed by atoms with Crippen molar-refractivity contribution in [2.75, 3.05) is 0 Å². The molecular formula is C17H13F3O. The van der Waals surface area contributed by atoms with Gasteiger partial charge in [0.1, 0.15) is 11.6 Å². The molecule has 4 heteroatoms. The normalized spacial score (nSPS) is 10.1. The van der Waals surface area contributed by atoms with Crippen LogP contribution in [0.2, 0.25) is 0 Å². The van der Waals surface area contributed by atoms with Gasteiger partial charge in [-0.25, -0.2) is 4.39 Å². The second-order valence-electron chi connectivity index (χ2n) is 4.28. The fourth-order valence-electron chi connectivity index (χ4n) is 1.85. The third-order valence-electron chi connectivity index (χ3n) is 2.87. The van der Waals surface area contributed by atoms with E-state index in [9.17, 15) is 13.2 Å². The molecule has 21 heavy (non-hydrogen) atoms. The third kappa shape index (κ3) is 4.03. The molecule has 0 atom stereocenters. The minimum atomic E-state index is -2.86. The zero-order chi connectivity index (χ0) is 15.2. The summed E-state index contributed by atoms with van der Waals surface area (Å²) >= 11 is 0. The van der Waals surface area contributed by atoms with Gasteiger partial charge in [0, 0.05) is 5.56 Å². The molecule has 0 aliphatic carbocycles. The van der Waals surface area contributed by atoms with Crippen molar-refractivity contribution in [2.24, 2.45) is 0 Å². The van der Waals surface area contributed by atoms with E-state index >= 15 is 0 Å². The fraction of sp³-hybridized carbons (Fsp3) is 0.176. The van der Waals surface area contributed by atoms with Gasteiger partial charge in [0.15, 0.2) is 0 Å². The first kappa shape index (κ1) is 15.0. The van der Waals surface area contributed by atoms with Gasteiger partial charge in [0.2, 0.25) is 0 Å². The van der Waals surface area contributed by atoms with E-state index in [1.165, 1.54) is 12.1 Å². The minimum Gasteiger partial charge on any atom is -0.435 e. The first-order valence-electron chi connectivity index (χ1n) is 6.44. The van der Waals surface area contributed by atoms with E-state index in [1.54, 1.807) is 30.3 Å². The predicted molar refractivity (Wildman–Crippen MR) is 74.8 cm³/mol. The second kappa shape index (κ2) is 6.85. The van der Waals surface area contributed by atoms with Crippen molar-refractivity contribution in [3.63, 3.8) is 0 Å². The van der Waals surface area contributed by atoms with Gasteiger partial charge in [-0.1, -0.05) is 30.9 Å². The molecule has 0 unspecified atom stereocenters. The lowest BCUT2D eigenvalue weighted by Gasteiger charge is -2.09. The average molecular weight is 290 g/mol. The van der Waals surface area contributed by atoms with E-state index in [4.69, 9.17) is 0 Å². The van der Waals surface area contributed by atoms with Crippen LogP contribution in [0.4, 0.5) is 13.2 Å². The van der Waals surface area contributed by atoms with Gasteiger partial charge in [0.25, 0.3) is 0 Å². The van der Waals surface area contributed by atoms with E-state index in [2.05, 4.69) is 16.6 Å². The molecule has 2 aromatic rings. The molecular weight excluding hydrogens is 277 g/mol. The van der Waals surface area contributed by atoms with Crippen LogP contribution in [0.1, 0.15) is 23.6 Å². The van der Waals surface area contributed by atoms with Crippen LogP contribution in [0.25, 0.3) is 0 Å². The fourth-order valence-corrected chi connectivity index (χ4v) is 1.85. The summed E-state index contributed by atoms with van der Waals surface area (Å²) in [5, 5.41) is 0. The van der Waals surface area contributed by atoms with Crippen molar-refractivity contribution in [2.45, 2.75) is 20.0 Å². The maximum absolute atomic E-state index is 13.4. The number of aryl methyl sites for hydroxylation is 1. The summed E-state index contributed by atoms with van der Waals surface area (Å²) < 4.78 is 42.4. The number of rotatable bonds is 3. The van der Waals surface area contributed by atoms with Crippen molar-refractivity contribution in [3.8, 4) is 17.6 Å². The standard InChI is InChI=1S/C17H13F3O/c1-2-13-11-12(8-10-16(13)21-17(19)20)7-9-14-5-3-4-6-15(14)18/h3-6,8,10-11,17H,2H2,1H3. The molecule has 1 nitrogen and oxygen atoms in total. The molecule has 2 aromatic carbocycles. The van der Waals surface area contributed by atoms with Crippen LogP contribution >= 0.6 is 0 Å². The van der Waals surface area contributed by atoms with E-state index in [-0.39, 0.29) is 5.75 Å². The van der Waals surface area contributed by atoms with Crippen LogP contribution in [0.15, 0.2) is 42.5 Å². The van der Waals surface area contributed by atoms with Crippen molar-refractivity contribution >= 4 is 0 Å². The monoisotopic (exact) mass is 290 g/mol. The van der Waals surface area contributed by atoms with Crippen LogP contribution in [0.3, 0.4) is 0 Å². The molecule has 0 aliphatic rings. The Morgan fingerprint density at radius 1 is 1.10 bits per heavy atom. The van der Waals surface area contributed by atoms with Crippen LogP contribution < -0.4 is 4.74 Å². The molecule has 0 radical (unpaired) electrons. The Bertz CT molecular complexity index is 684. The number of ether oxygens (including phenoxy) is 1. The number of alkyl halides is 2. The van der Waals surface area contributed by atoms with Crippen LogP contribution in [-0.4, -0.2) is 6.61 Å². The number of hydrogen-bond donors (Lipinski definition) is 0.